The fraction of sp³-hybridized carbons (Fsp3) is 0.250. The Hall–Kier alpha value is -2.30. The molecule has 2 aromatic carbocycles. The SMILES string of the molecule is CN(c1ccccc1)S(=O)(=O)CCNS(=O)(=O)c1ccc2c(c1)OCO2. The average molecular weight is 398 g/mol. The largest absolute Gasteiger partial charge is 0.454 e. The molecule has 0 amide bonds. The van der Waals surface area contributed by atoms with E-state index in [-0.39, 0.29) is 24.0 Å². The topological polar surface area (TPSA) is 102 Å². The highest BCUT2D eigenvalue weighted by Gasteiger charge is 2.22. The minimum Gasteiger partial charge on any atom is -0.454 e. The van der Waals surface area contributed by atoms with Gasteiger partial charge in [-0.15, -0.1) is 0 Å². The molecule has 1 aliphatic heterocycles. The van der Waals surface area contributed by atoms with Gasteiger partial charge in [-0.1, -0.05) is 18.2 Å². The molecule has 0 fully saturated rings. The Kier molecular flexibility index (Phi) is 5.08. The maximum atomic E-state index is 12.4. The summed E-state index contributed by atoms with van der Waals surface area (Å²) in [6.07, 6.45) is 0. The van der Waals surface area contributed by atoms with Crippen molar-refractivity contribution in [3.63, 3.8) is 0 Å². The molecule has 0 saturated carbocycles. The smallest absolute Gasteiger partial charge is 0.240 e. The summed E-state index contributed by atoms with van der Waals surface area (Å²) in [6, 6.07) is 12.8. The number of sulfonamides is 2. The van der Waals surface area contributed by atoms with E-state index >= 15 is 0 Å². The molecule has 0 radical (unpaired) electrons. The number of fused-ring (bicyclic) bond motifs is 1. The number of nitrogens with one attached hydrogen (secondary N) is 1. The van der Waals surface area contributed by atoms with Crippen molar-refractivity contribution in [1.82, 2.24) is 4.72 Å². The van der Waals surface area contributed by atoms with Gasteiger partial charge in [0.25, 0.3) is 0 Å². The fourth-order valence-corrected chi connectivity index (χ4v) is 4.62. The second-order valence-electron chi connectivity index (χ2n) is 5.53. The molecule has 2 aromatic rings. The summed E-state index contributed by atoms with van der Waals surface area (Å²) in [5.74, 6) is 0.433. The lowest BCUT2D eigenvalue weighted by atomic mass is 10.3. The zero-order valence-electron chi connectivity index (χ0n) is 14.0. The van der Waals surface area contributed by atoms with E-state index in [1.165, 1.54) is 25.2 Å². The maximum absolute atomic E-state index is 12.4. The molecule has 1 aliphatic rings. The van der Waals surface area contributed by atoms with Gasteiger partial charge in [-0.3, -0.25) is 4.31 Å². The van der Waals surface area contributed by atoms with Crippen LogP contribution in [0.25, 0.3) is 0 Å². The van der Waals surface area contributed by atoms with Crippen molar-refractivity contribution < 1.29 is 26.3 Å². The summed E-state index contributed by atoms with van der Waals surface area (Å²) in [5.41, 5.74) is 0.506. The van der Waals surface area contributed by atoms with E-state index in [9.17, 15) is 16.8 Å². The van der Waals surface area contributed by atoms with Crippen molar-refractivity contribution in [2.24, 2.45) is 0 Å². The first kappa shape index (κ1) is 18.5. The highest BCUT2D eigenvalue weighted by molar-refractivity contribution is 7.93. The van der Waals surface area contributed by atoms with Crippen LogP contribution < -0.4 is 18.5 Å². The van der Waals surface area contributed by atoms with Crippen molar-refractivity contribution in [3.8, 4) is 11.5 Å². The van der Waals surface area contributed by atoms with Gasteiger partial charge in [0.1, 0.15) is 0 Å². The molecule has 8 nitrogen and oxygen atoms in total. The van der Waals surface area contributed by atoms with Gasteiger partial charge in [0, 0.05) is 19.7 Å². The van der Waals surface area contributed by atoms with Gasteiger partial charge in [0.15, 0.2) is 11.5 Å². The van der Waals surface area contributed by atoms with E-state index in [1.807, 2.05) is 0 Å². The Morgan fingerprint density at radius 3 is 2.42 bits per heavy atom. The predicted molar refractivity (Wildman–Crippen MR) is 96.4 cm³/mol. The van der Waals surface area contributed by atoms with E-state index in [0.717, 1.165) is 4.31 Å². The lowest BCUT2D eigenvalue weighted by Crippen LogP contribution is -2.35. The van der Waals surface area contributed by atoms with Crippen LogP contribution in [0.15, 0.2) is 53.4 Å². The first-order valence-electron chi connectivity index (χ1n) is 7.70. The second kappa shape index (κ2) is 7.14. The maximum Gasteiger partial charge on any atom is 0.240 e. The van der Waals surface area contributed by atoms with Crippen molar-refractivity contribution in [1.29, 1.82) is 0 Å². The van der Waals surface area contributed by atoms with Crippen LogP contribution in [0.1, 0.15) is 0 Å². The lowest BCUT2D eigenvalue weighted by Gasteiger charge is -2.19. The van der Waals surface area contributed by atoms with Gasteiger partial charge in [-0.2, -0.15) is 0 Å². The Bertz CT molecular complexity index is 991. The van der Waals surface area contributed by atoms with E-state index in [0.29, 0.717) is 17.2 Å². The van der Waals surface area contributed by atoms with Crippen molar-refractivity contribution in [2.45, 2.75) is 4.90 Å². The van der Waals surface area contributed by atoms with Crippen molar-refractivity contribution in [2.75, 3.05) is 30.4 Å². The third-order valence-electron chi connectivity index (χ3n) is 3.84. The quantitative estimate of drug-likeness (QED) is 0.751. The standard InChI is InChI=1S/C16H18N2O6S2/c1-18(13-5-3-2-4-6-13)25(19,20)10-9-17-26(21,22)14-7-8-15-16(11-14)24-12-23-15/h2-8,11,17H,9-10,12H2,1H3. The van der Waals surface area contributed by atoms with Crippen molar-refractivity contribution in [3.05, 3.63) is 48.5 Å². The molecular weight excluding hydrogens is 380 g/mol. The highest BCUT2D eigenvalue weighted by Crippen LogP contribution is 2.33. The van der Waals surface area contributed by atoms with Gasteiger partial charge < -0.3 is 9.47 Å². The van der Waals surface area contributed by atoms with E-state index in [4.69, 9.17) is 9.47 Å². The first-order valence-corrected chi connectivity index (χ1v) is 10.8. The number of hydrogen-bond donors (Lipinski definition) is 1. The van der Waals surface area contributed by atoms with Gasteiger partial charge in [0.05, 0.1) is 16.3 Å². The second-order valence-corrected chi connectivity index (χ2v) is 9.42. The predicted octanol–water partition coefficient (Wildman–Crippen LogP) is 1.16. The monoisotopic (exact) mass is 398 g/mol. The number of nitrogens with zero attached hydrogens (tertiary/aromatic N) is 1. The summed E-state index contributed by atoms with van der Waals surface area (Å²) >= 11 is 0. The minimum absolute atomic E-state index is 0.0180. The zero-order valence-corrected chi connectivity index (χ0v) is 15.6. The Balaban J connectivity index is 1.65. The van der Waals surface area contributed by atoms with Gasteiger partial charge in [-0.25, -0.2) is 21.6 Å². The number of ether oxygens (including phenoxy) is 2. The lowest BCUT2D eigenvalue weighted by molar-refractivity contribution is 0.174. The van der Waals surface area contributed by atoms with E-state index < -0.39 is 20.0 Å². The average Bonchev–Trinajstić information content (AvgIpc) is 3.09. The summed E-state index contributed by atoms with van der Waals surface area (Å²) in [5, 5.41) is 0. The summed E-state index contributed by atoms with van der Waals surface area (Å²) in [7, 11) is -6.10. The number of benzene rings is 2. The van der Waals surface area contributed by atoms with Crippen LogP contribution in [0.5, 0.6) is 11.5 Å². The van der Waals surface area contributed by atoms with Crippen molar-refractivity contribution >= 4 is 25.7 Å². The number of rotatable bonds is 7. The first-order chi connectivity index (χ1) is 12.3. The molecule has 1 N–H and O–H groups in total. The van der Waals surface area contributed by atoms with Gasteiger partial charge in [-0.05, 0) is 24.3 Å². The molecular formula is C16H18N2O6S2. The van der Waals surface area contributed by atoms with Crippen LogP contribution in [0.2, 0.25) is 0 Å². The molecule has 0 aliphatic carbocycles. The summed E-state index contributed by atoms with van der Waals surface area (Å²) in [6.45, 7) is -0.216. The molecule has 26 heavy (non-hydrogen) atoms. The van der Waals surface area contributed by atoms with E-state index in [1.54, 1.807) is 30.3 Å². The minimum atomic E-state index is -3.86. The molecule has 0 atom stereocenters. The number of para-hydroxylation sites is 1. The van der Waals surface area contributed by atoms with Crippen LogP contribution in [-0.4, -0.2) is 43.0 Å². The van der Waals surface area contributed by atoms with Crippen LogP contribution in [0.4, 0.5) is 5.69 Å². The van der Waals surface area contributed by atoms with Gasteiger partial charge in [0.2, 0.25) is 26.8 Å². The molecule has 1 heterocycles. The molecule has 0 bridgehead atoms. The Morgan fingerprint density at radius 2 is 1.69 bits per heavy atom. The number of anilines is 1. The number of hydrogen-bond acceptors (Lipinski definition) is 6. The summed E-state index contributed by atoms with van der Waals surface area (Å²) in [4.78, 5) is -0.0180. The highest BCUT2D eigenvalue weighted by atomic mass is 32.2. The third-order valence-corrected chi connectivity index (χ3v) is 7.07. The molecule has 140 valence electrons. The molecule has 0 spiro atoms. The molecule has 3 rings (SSSR count). The Morgan fingerprint density at radius 1 is 1.00 bits per heavy atom. The normalized spacial score (nSPS) is 13.6. The molecule has 0 unspecified atom stereocenters. The molecule has 0 aromatic heterocycles. The van der Waals surface area contributed by atoms with Crippen LogP contribution >= 0.6 is 0 Å². The van der Waals surface area contributed by atoms with Gasteiger partial charge >= 0.3 is 0 Å². The molecule has 10 heteroatoms. The third kappa shape index (κ3) is 3.92. The van der Waals surface area contributed by atoms with Crippen LogP contribution in [-0.2, 0) is 20.0 Å². The van der Waals surface area contributed by atoms with E-state index in [2.05, 4.69) is 4.72 Å². The van der Waals surface area contributed by atoms with Crippen LogP contribution in [0, 0.1) is 0 Å². The fourth-order valence-electron chi connectivity index (χ4n) is 2.37. The Labute approximate surface area is 152 Å². The molecule has 0 saturated heterocycles. The van der Waals surface area contributed by atoms with Crippen LogP contribution in [0.3, 0.4) is 0 Å². The summed E-state index contributed by atoms with van der Waals surface area (Å²) < 4.78 is 63.1. The zero-order chi connectivity index (χ0) is 18.8.